The average Bonchev–Trinajstić information content (AvgIpc) is 2.76. The largest absolute Gasteiger partial charge is 0.435 e. The molecule has 164 valence electrons. The monoisotopic (exact) mass is 414 g/mol. The SMILES string of the molecule is CCCCCCCC1CCC(c2ccc(Cc3ccc(OC(F)F)cc3)cc2)CC1. The predicted octanol–water partition coefficient (Wildman–Crippen LogP) is 8.51. The normalized spacial score (nSPS) is 19.2. The van der Waals surface area contributed by atoms with Gasteiger partial charge in [-0.1, -0.05) is 81.8 Å². The molecule has 0 heterocycles. The number of rotatable bonds is 11. The predicted molar refractivity (Wildman–Crippen MR) is 120 cm³/mol. The highest BCUT2D eigenvalue weighted by atomic mass is 19.3. The van der Waals surface area contributed by atoms with Gasteiger partial charge in [0.1, 0.15) is 5.75 Å². The first kappa shape index (κ1) is 22.8. The van der Waals surface area contributed by atoms with E-state index < -0.39 is 6.61 Å². The quantitative estimate of drug-likeness (QED) is 0.335. The van der Waals surface area contributed by atoms with Gasteiger partial charge in [-0.2, -0.15) is 8.78 Å². The van der Waals surface area contributed by atoms with E-state index in [1.807, 2.05) is 12.1 Å². The standard InChI is InChI=1S/C27H36F2O/c1-2-3-4-5-6-7-21-8-14-24(15-9-21)25-16-10-22(11-17-25)20-23-12-18-26(19-13-23)30-27(28)29/h10-13,16-19,21,24,27H,2-9,14-15,20H2,1H3. The molecule has 3 rings (SSSR count). The minimum atomic E-state index is -2.77. The topological polar surface area (TPSA) is 9.23 Å². The lowest BCUT2D eigenvalue weighted by Gasteiger charge is -2.29. The molecule has 1 aliphatic carbocycles. The average molecular weight is 415 g/mol. The van der Waals surface area contributed by atoms with Gasteiger partial charge in [0.15, 0.2) is 0 Å². The van der Waals surface area contributed by atoms with Crippen molar-refractivity contribution in [3.8, 4) is 5.75 Å². The maximum absolute atomic E-state index is 12.3. The number of benzene rings is 2. The van der Waals surface area contributed by atoms with Gasteiger partial charge in [0.05, 0.1) is 0 Å². The zero-order chi connectivity index (χ0) is 21.2. The summed E-state index contributed by atoms with van der Waals surface area (Å²) in [5.41, 5.74) is 3.83. The van der Waals surface area contributed by atoms with Crippen LogP contribution < -0.4 is 4.74 Å². The van der Waals surface area contributed by atoms with Crippen LogP contribution in [0, 0.1) is 5.92 Å². The molecule has 1 fully saturated rings. The van der Waals surface area contributed by atoms with Crippen molar-refractivity contribution in [3.63, 3.8) is 0 Å². The van der Waals surface area contributed by atoms with Gasteiger partial charge < -0.3 is 4.74 Å². The fourth-order valence-electron chi connectivity index (χ4n) is 4.75. The van der Waals surface area contributed by atoms with Crippen molar-refractivity contribution in [2.75, 3.05) is 0 Å². The molecular weight excluding hydrogens is 378 g/mol. The molecule has 0 N–H and O–H groups in total. The van der Waals surface area contributed by atoms with Crippen LogP contribution in [-0.4, -0.2) is 6.61 Å². The van der Waals surface area contributed by atoms with E-state index in [1.54, 1.807) is 12.1 Å². The Balaban J connectivity index is 1.42. The van der Waals surface area contributed by atoms with Crippen molar-refractivity contribution in [2.24, 2.45) is 5.92 Å². The van der Waals surface area contributed by atoms with Crippen LogP contribution in [0.4, 0.5) is 8.78 Å². The first-order chi connectivity index (χ1) is 14.6. The Bertz CT molecular complexity index is 716. The maximum Gasteiger partial charge on any atom is 0.387 e. The second-order valence-corrected chi connectivity index (χ2v) is 8.86. The lowest BCUT2D eigenvalue weighted by Crippen LogP contribution is -2.13. The van der Waals surface area contributed by atoms with Gasteiger partial charge in [0.2, 0.25) is 0 Å². The van der Waals surface area contributed by atoms with E-state index >= 15 is 0 Å². The highest BCUT2D eigenvalue weighted by molar-refractivity contribution is 5.33. The summed E-state index contributed by atoms with van der Waals surface area (Å²) in [6, 6.07) is 16.0. The molecule has 0 radical (unpaired) electrons. The first-order valence-electron chi connectivity index (χ1n) is 11.8. The van der Waals surface area contributed by atoms with Gasteiger partial charge in [-0.25, -0.2) is 0 Å². The van der Waals surface area contributed by atoms with Crippen LogP contribution >= 0.6 is 0 Å². The number of alkyl halides is 2. The van der Waals surface area contributed by atoms with Gasteiger partial charge >= 0.3 is 6.61 Å². The van der Waals surface area contributed by atoms with Crippen molar-refractivity contribution in [3.05, 3.63) is 65.2 Å². The molecule has 2 aromatic rings. The Morgan fingerprint density at radius 3 is 2.00 bits per heavy atom. The second-order valence-electron chi connectivity index (χ2n) is 8.86. The molecule has 0 bridgehead atoms. The van der Waals surface area contributed by atoms with Crippen LogP contribution in [0.5, 0.6) is 5.75 Å². The molecule has 2 aromatic carbocycles. The number of hydrogen-bond acceptors (Lipinski definition) is 1. The third-order valence-corrected chi connectivity index (χ3v) is 6.57. The van der Waals surface area contributed by atoms with Crippen LogP contribution in [0.2, 0.25) is 0 Å². The lowest BCUT2D eigenvalue weighted by atomic mass is 9.77. The van der Waals surface area contributed by atoms with Crippen molar-refractivity contribution >= 4 is 0 Å². The van der Waals surface area contributed by atoms with Gasteiger partial charge in [0, 0.05) is 0 Å². The Kier molecular flexibility index (Phi) is 9.17. The Morgan fingerprint density at radius 1 is 0.800 bits per heavy atom. The molecule has 0 saturated heterocycles. The first-order valence-corrected chi connectivity index (χ1v) is 11.8. The molecule has 0 aromatic heterocycles. The maximum atomic E-state index is 12.3. The van der Waals surface area contributed by atoms with E-state index in [0.29, 0.717) is 5.92 Å². The van der Waals surface area contributed by atoms with Crippen LogP contribution in [0.15, 0.2) is 48.5 Å². The molecule has 0 amide bonds. The molecule has 0 unspecified atom stereocenters. The van der Waals surface area contributed by atoms with E-state index in [9.17, 15) is 8.78 Å². The summed E-state index contributed by atoms with van der Waals surface area (Å²) < 4.78 is 28.9. The highest BCUT2D eigenvalue weighted by Crippen LogP contribution is 2.38. The molecule has 1 saturated carbocycles. The van der Waals surface area contributed by atoms with Crippen molar-refractivity contribution in [1.29, 1.82) is 0 Å². The Morgan fingerprint density at radius 2 is 1.40 bits per heavy atom. The minimum Gasteiger partial charge on any atom is -0.435 e. The van der Waals surface area contributed by atoms with E-state index in [2.05, 4.69) is 35.9 Å². The van der Waals surface area contributed by atoms with Gasteiger partial charge in [-0.3, -0.25) is 0 Å². The summed E-state index contributed by atoms with van der Waals surface area (Å²) >= 11 is 0. The molecule has 30 heavy (non-hydrogen) atoms. The van der Waals surface area contributed by atoms with Gasteiger partial charge in [-0.05, 0) is 72.8 Å². The highest BCUT2D eigenvalue weighted by Gasteiger charge is 2.22. The van der Waals surface area contributed by atoms with Crippen LogP contribution in [0.3, 0.4) is 0 Å². The Labute approximate surface area is 180 Å². The van der Waals surface area contributed by atoms with Crippen molar-refractivity contribution in [1.82, 2.24) is 0 Å². The molecule has 1 aliphatic rings. The fraction of sp³-hybridized carbons (Fsp3) is 0.556. The molecule has 0 spiro atoms. The van der Waals surface area contributed by atoms with E-state index in [1.165, 1.54) is 75.3 Å². The van der Waals surface area contributed by atoms with Crippen molar-refractivity contribution in [2.45, 2.75) is 90.1 Å². The van der Waals surface area contributed by atoms with Crippen LogP contribution in [0.25, 0.3) is 0 Å². The van der Waals surface area contributed by atoms with Crippen LogP contribution in [0.1, 0.15) is 93.7 Å². The molecule has 1 nitrogen and oxygen atoms in total. The molecule has 0 atom stereocenters. The fourth-order valence-corrected chi connectivity index (χ4v) is 4.75. The molecular formula is C27H36F2O. The van der Waals surface area contributed by atoms with Crippen molar-refractivity contribution < 1.29 is 13.5 Å². The third-order valence-electron chi connectivity index (χ3n) is 6.57. The van der Waals surface area contributed by atoms with E-state index in [0.717, 1.165) is 17.9 Å². The summed E-state index contributed by atoms with van der Waals surface area (Å²) in [5, 5.41) is 0. The summed E-state index contributed by atoms with van der Waals surface area (Å²) in [5.74, 6) is 1.86. The summed E-state index contributed by atoms with van der Waals surface area (Å²) in [6.45, 7) is -0.497. The zero-order valence-corrected chi connectivity index (χ0v) is 18.3. The number of ether oxygens (including phenoxy) is 1. The summed E-state index contributed by atoms with van der Waals surface area (Å²) in [4.78, 5) is 0. The van der Waals surface area contributed by atoms with Gasteiger partial charge in [-0.15, -0.1) is 0 Å². The number of halogens is 2. The zero-order valence-electron chi connectivity index (χ0n) is 18.3. The number of hydrogen-bond donors (Lipinski definition) is 0. The number of unbranched alkanes of at least 4 members (excludes halogenated alkanes) is 4. The molecule has 0 aliphatic heterocycles. The summed E-state index contributed by atoms with van der Waals surface area (Å²) in [7, 11) is 0. The van der Waals surface area contributed by atoms with Crippen LogP contribution in [-0.2, 0) is 6.42 Å². The summed E-state index contributed by atoms with van der Waals surface area (Å²) in [6.07, 6.45) is 14.6. The van der Waals surface area contributed by atoms with E-state index in [4.69, 9.17) is 0 Å². The second kappa shape index (κ2) is 12.1. The smallest absolute Gasteiger partial charge is 0.387 e. The van der Waals surface area contributed by atoms with E-state index in [-0.39, 0.29) is 5.75 Å². The minimum absolute atomic E-state index is 0.209. The lowest BCUT2D eigenvalue weighted by molar-refractivity contribution is -0.0498. The molecule has 3 heteroatoms. The van der Waals surface area contributed by atoms with Gasteiger partial charge in [0.25, 0.3) is 0 Å². The third kappa shape index (κ3) is 7.41. The Hall–Kier alpha value is -1.90.